The molecule has 1 unspecified atom stereocenters. The Labute approximate surface area is 184 Å². The minimum atomic E-state index is -4.43. The van der Waals surface area contributed by atoms with Gasteiger partial charge in [0.25, 0.3) is 5.91 Å². The molecule has 1 aromatic carbocycles. The molecule has 1 amide bonds. The number of aromatic nitrogens is 1. The second-order valence-corrected chi connectivity index (χ2v) is 8.90. The maximum atomic E-state index is 13.0. The molecule has 2 heterocycles. The number of hydrogen-bond acceptors (Lipinski definition) is 5. The van der Waals surface area contributed by atoms with Crippen LogP contribution in [0.25, 0.3) is 0 Å². The van der Waals surface area contributed by atoms with Gasteiger partial charge in [0.05, 0.1) is 23.8 Å². The highest BCUT2D eigenvalue weighted by Gasteiger charge is 2.30. The Bertz CT molecular complexity index is 892. The minimum Gasteiger partial charge on any atom is -0.374 e. The monoisotopic (exact) mass is 453 g/mol. The van der Waals surface area contributed by atoms with Crippen molar-refractivity contribution in [2.45, 2.75) is 36.0 Å². The summed E-state index contributed by atoms with van der Waals surface area (Å²) >= 11 is 1.03. The summed E-state index contributed by atoms with van der Waals surface area (Å²) < 4.78 is 44.7. The van der Waals surface area contributed by atoms with Crippen LogP contribution in [0.4, 0.5) is 13.2 Å². The number of alkyl halides is 3. The van der Waals surface area contributed by atoms with E-state index in [1.54, 1.807) is 18.2 Å². The van der Waals surface area contributed by atoms with Gasteiger partial charge in [-0.3, -0.25) is 9.69 Å². The smallest absolute Gasteiger partial charge is 0.374 e. The maximum Gasteiger partial charge on any atom is 0.416 e. The van der Waals surface area contributed by atoms with Crippen LogP contribution in [0, 0.1) is 5.92 Å². The molecule has 1 fully saturated rings. The van der Waals surface area contributed by atoms with E-state index in [1.807, 2.05) is 0 Å². The van der Waals surface area contributed by atoms with E-state index in [1.165, 1.54) is 12.3 Å². The molecule has 3 rings (SSSR count). The van der Waals surface area contributed by atoms with Crippen LogP contribution in [0.3, 0.4) is 0 Å². The summed E-state index contributed by atoms with van der Waals surface area (Å²) in [6.07, 6.45) is -3.02. The van der Waals surface area contributed by atoms with Crippen molar-refractivity contribution in [3.63, 3.8) is 0 Å². The first-order valence-electron chi connectivity index (χ1n) is 10.1. The van der Waals surface area contributed by atoms with Crippen LogP contribution in [0.1, 0.15) is 29.8 Å². The van der Waals surface area contributed by atoms with E-state index < -0.39 is 11.7 Å². The molecular weight excluding hydrogens is 427 g/mol. The predicted molar refractivity (Wildman–Crippen MR) is 113 cm³/mol. The zero-order valence-corrected chi connectivity index (χ0v) is 18.3. The van der Waals surface area contributed by atoms with Crippen molar-refractivity contribution in [1.29, 1.82) is 0 Å². The fraction of sp³-hybridized carbons (Fsp3) is 0.455. The summed E-state index contributed by atoms with van der Waals surface area (Å²) in [7, 11) is 0. The highest BCUT2D eigenvalue weighted by molar-refractivity contribution is 7.99. The lowest BCUT2D eigenvalue weighted by Crippen LogP contribution is -2.48. The molecule has 9 heteroatoms. The van der Waals surface area contributed by atoms with Gasteiger partial charge in [-0.25, -0.2) is 4.98 Å². The van der Waals surface area contributed by atoms with Gasteiger partial charge in [-0.15, -0.1) is 0 Å². The summed E-state index contributed by atoms with van der Waals surface area (Å²) in [6, 6.07) is 8.23. The lowest BCUT2D eigenvalue weighted by Gasteiger charge is -2.34. The normalized spacial score (nSPS) is 17.7. The van der Waals surface area contributed by atoms with E-state index in [9.17, 15) is 18.0 Å². The summed E-state index contributed by atoms with van der Waals surface area (Å²) in [5.41, 5.74) is -0.417. The van der Waals surface area contributed by atoms with E-state index in [-0.39, 0.29) is 12.0 Å². The molecule has 0 aliphatic carbocycles. The number of halogens is 3. The first-order valence-corrected chi connectivity index (χ1v) is 11.0. The molecule has 1 atom stereocenters. The predicted octanol–water partition coefficient (Wildman–Crippen LogP) is 4.34. The number of morpholine rings is 1. The number of nitrogens with zero attached hydrogens (tertiary/aromatic N) is 2. The molecule has 31 heavy (non-hydrogen) atoms. The van der Waals surface area contributed by atoms with Crippen LogP contribution in [0.15, 0.2) is 52.5 Å². The first-order chi connectivity index (χ1) is 14.7. The lowest BCUT2D eigenvalue weighted by molar-refractivity contribution is -0.137. The molecular formula is C22H26F3N3O2S. The van der Waals surface area contributed by atoms with Crippen molar-refractivity contribution < 1.29 is 22.7 Å². The molecule has 1 aliphatic rings. The summed E-state index contributed by atoms with van der Waals surface area (Å²) in [5, 5.41) is 3.23. The molecule has 1 N–H and O–H groups in total. The third kappa shape index (κ3) is 6.95. The number of benzene rings is 1. The van der Waals surface area contributed by atoms with Crippen molar-refractivity contribution in [2.24, 2.45) is 5.92 Å². The minimum absolute atomic E-state index is 0.104. The number of ether oxygens (including phenoxy) is 1. The van der Waals surface area contributed by atoms with Crippen molar-refractivity contribution >= 4 is 17.7 Å². The third-order valence-electron chi connectivity index (χ3n) is 4.73. The van der Waals surface area contributed by atoms with E-state index in [0.29, 0.717) is 34.6 Å². The van der Waals surface area contributed by atoms with Crippen LogP contribution < -0.4 is 5.32 Å². The molecule has 1 saturated heterocycles. The molecule has 168 valence electrons. The highest BCUT2D eigenvalue weighted by Crippen LogP contribution is 2.34. The van der Waals surface area contributed by atoms with Crippen molar-refractivity contribution in [3.8, 4) is 0 Å². The van der Waals surface area contributed by atoms with Gasteiger partial charge in [-0.2, -0.15) is 13.2 Å². The standard InChI is InChI=1S/C22H26F3N3O2S/c1-15(2)13-28-9-10-30-17(14-28)12-27-20(29)19-7-4-8-26-21(19)31-18-6-3-5-16(11-18)22(23,24)25/h3-8,11,15,17H,9-10,12-14H2,1-2H3,(H,27,29). The Balaban J connectivity index is 1.64. The van der Waals surface area contributed by atoms with Gasteiger partial charge in [0, 0.05) is 37.3 Å². The van der Waals surface area contributed by atoms with Gasteiger partial charge in [0.2, 0.25) is 0 Å². The summed E-state index contributed by atoms with van der Waals surface area (Å²) in [5.74, 6) is 0.228. The SMILES string of the molecule is CC(C)CN1CCOC(CNC(=O)c2cccnc2Sc2cccc(C(F)(F)F)c2)C1. The Kier molecular flexibility index (Phi) is 7.96. The fourth-order valence-corrected chi connectivity index (χ4v) is 4.32. The van der Waals surface area contributed by atoms with Crippen LogP contribution in [0.5, 0.6) is 0 Å². The quantitative estimate of drug-likeness (QED) is 0.676. The van der Waals surface area contributed by atoms with Gasteiger partial charge in [-0.05, 0) is 36.2 Å². The van der Waals surface area contributed by atoms with Gasteiger partial charge in [0.1, 0.15) is 5.03 Å². The van der Waals surface area contributed by atoms with E-state index in [0.717, 1.165) is 43.5 Å². The number of rotatable bonds is 7. The summed E-state index contributed by atoms with van der Waals surface area (Å²) in [4.78, 5) is 19.7. The lowest BCUT2D eigenvalue weighted by atomic mass is 10.1. The Morgan fingerprint density at radius 3 is 2.87 bits per heavy atom. The first kappa shape index (κ1) is 23.6. The Hall–Kier alpha value is -2.10. The molecule has 2 aromatic rings. The molecule has 0 radical (unpaired) electrons. The van der Waals surface area contributed by atoms with Crippen molar-refractivity contribution in [2.75, 3.05) is 32.8 Å². The Morgan fingerprint density at radius 2 is 2.13 bits per heavy atom. The molecule has 5 nitrogen and oxygen atoms in total. The van der Waals surface area contributed by atoms with E-state index >= 15 is 0 Å². The Morgan fingerprint density at radius 1 is 1.32 bits per heavy atom. The van der Waals surface area contributed by atoms with Gasteiger partial charge in [-0.1, -0.05) is 31.7 Å². The number of pyridine rings is 1. The van der Waals surface area contributed by atoms with Gasteiger partial charge >= 0.3 is 6.18 Å². The average Bonchev–Trinajstić information content (AvgIpc) is 2.72. The van der Waals surface area contributed by atoms with Crippen LogP contribution >= 0.6 is 11.8 Å². The largest absolute Gasteiger partial charge is 0.416 e. The molecule has 0 spiro atoms. The number of nitrogens with one attached hydrogen (secondary N) is 1. The van der Waals surface area contributed by atoms with E-state index in [2.05, 4.69) is 29.0 Å². The van der Waals surface area contributed by atoms with Crippen LogP contribution in [-0.2, 0) is 10.9 Å². The zero-order valence-electron chi connectivity index (χ0n) is 17.5. The maximum absolute atomic E-state index is 13.0. The number of carbonyl (C=O) groups is 1. The highest BCUT2D eigenvalue weighted by atomic mass is 32.2. The molecule has 1 aliphatic heterocycles. The molecule has 1 aromatic heterocycles. The number of amides is 1. The van der Waals surface area contributed by atoms with Gasteiger partial charge < -0.3 is 10.1 Å². The average molecular weight is 454 g/mol. The van der Waals surface area contributed by atoms with Crippen molar-refractivity contribution in [3.05, 3.63) is 53.7 Å². The number of carbonyl (C=O) groups excluding carboxylic acids is 1. The molecule has 0 bridgehead atoms. The van der Waals surface area contributed by atoms with Gasteiger partial charge in [0.15, 0.2) is 0 Å². The number of hydrogen-bond donors (Lipinski definition) is 1. The van der Waals surface area contributed by atoms with Crippen LogP contribution in [0.2, 0.25) is 0 Å². The van der Waals surface area contributed by atoms with Crippen LogP contribution in [-0.4, -0.2) is 54.7 Å². The zero-order chi connectivity index (χ0) is 22.4. The second-order valence-electron chi connectivity index (χ2n) is 7.84. The third-order valence-corrected chi connectivity index (χ3v) is 5.74. The topological polar surface area (TPSA) is 54.5 Å². The second kappa shape index (κ2) is 10.5. The fourth-order valence-electron chi connectivity index (χ4n) is 3.38. The van der Waals surface area contributed by atoms with E-state index in [4.69, 9.17) is 4.74 Å². The molecule has 0 saturated carbocycles. The summed E-state index contributed by atoms with van der Waals surface area (Å²) in [6.45, 7) is 7.91. The van der Waals surface area contributed by atoms with Crippen molar-refractivity contribution in [1.82, 2.24) is 15.2 Å².